The van der Waals surface area contributed by atoms with Gasteiger partial charge in [-0.2, -0.15) is 0 Å². The molecule has 2 N–H and O–H groups in total. The van der Waals surface area contributed by atoms with Gasteiger partial charge in [0, 0.05) is 6.54 Å². The minimum absolute atomic E-state index is 0.00907. The molecule has 2 saturated heterocycles. The van der Waals surface area contributed by atoms with Crippen molar-refractivity contribution < 1.29 is 9.53 Å². The molecular formula is C6H10N2O2. The van der Waals surface area contributed by atoms with Crippen molar-refractivity contribution in [3.05, 3.63) is 0 Å². The number of amides is 1. The van der Waals surface area contributed by atoms with Gasteiger partial charge in [-0.15, -0.1) is 0 Å². The molecular weight excluding hydrogens is 132 g/mol. The maximum absolute atomic E-state index is 10.7. The van der Waals surface area contributed by atoms with Gasteiger partial charge < -0.3 is 10.5 Å². The molecule has 0 radical (unpaired) electrons. The third kappa shape index (κ3) is 0.441. The van der Waals surface area contributed by atoms with Crippen LogP contribution in [0.25, 0.3) is 0 Å². The van der Waals surface area contributed by atoms with Gasteiger partial charge in [-0.25, -0.2) is 4.79 Å². The number of rotatable bonds is 0. The monoisotopic (exact) mass is 142 g/mol. The molecule has 2 aliphatic heterocycles. The van der Waals surface area contributed by atoms with E-state index in [0.29, 0.717) is 0 Å². The Balaban J connectivity index is 2.24. The van der Waals surface area contributed by atoms with Crippen LogP contribution in [0.5, 0.6) is 0 Å². The van der Waals surface area contributed by atoms with Crippen LogP contribution in [0.15, 0.2) is 0 Å². The zero-order valence-electron chi connectivity index (χ0n) is 5.83. The zero-order valence-corrected chi connectivity index (χ0v) is 5.83. The summed E-state index contributed by atoms with van der Waals surface area (Å²) in [6.45, 7) is 2.60. The van der Waals surface area contributed by atoms with Crippen LogP contribution in [0.1, 0.15) is 13.3 Å². The third-order valence-electron chi connectivity index (χ3n) is 2.40. The SMILES string of the molecule is CC12OC(=O)N1CC[C@H]2N. The van der Waals surface area contributed by atoms with Crippen LogP contribution in [0.2, 0.25) is 0 Å². The Bertz CT molecular complexity index is 194. The highest BCUT2D eigenvalue weighted by Gasteiger charge is 2.57. The van der Waals surface area contributed by atoms with Gasteiger partial charge in [-0.3, -0.25) is 4.90 Å². The Kier molecular flexibility index (Phi) is 0.866. The minimum Gasteiger partial charge on any atom is -0.421 e. The smallest absolute Gasteiger partial charge is 0.415 e. The van der Waals surface area contributed by atoms with Gasteiger partial charge in [0.1, 0.15) is 0 Å². The predicted octanol–water partition coefficient (Wildman–Crippen LogP) is -0.114. The Morgan fingerprint density at radius 1 is 1.90 bits per heavy atom. The minimum atomic E-state index is -0.475. The summed E-state index contributed by atoms with van der Waals surface area (Å²) < 4.78 is 4.92. The van der Waals surface area contributed by atoms with Crippen molar-refractivity contribution >= 4 is 6.09 Å². The standard InChI is InChI=1S/C6H10N2O2/c1-6-4(7)2-3-8(6)5(9)10-6/h4H,2-3,7H2,1H3/t4-,6?/m1/s1. The molecule has 2 rings (SSSR count). The number of carbonyl (C=O) groups excluding carboxylic acids is 1. The number of hydrogen-bond acceptors (Lipinski definition) is 3. The number of carbonyl (C=O) groups is 1. The van der Waals surface area contributed by atoms with E-state index in [0.717, 1.165) is 13.0 Å². The van der Waals surface area contributed by atoms with E-state index in [1.807, 2.05) is 6.92 Å². The molecule has 0 spiro atoms. The van der Waals surface area contributed by atoms with Crippen molar-refractivity contribution in [3.8, 4) is 0 Å². The van der Waals surface area contributed by atoms with Crippen molar-refractivity contribution in [2.75, 3.05) is 6.54 Å². The molecule has 0 aromatic heterocycles. The van der Waals surface area contributed by atoms with Crippen LogP contribution in [-0.2, 0) is 4.74 Å². The van der Waals surface area contributed by atoms with E-state index < -0.39 is 5.72 Å². The first-order chi connectivity index (χ1) is 4.64. The molecule has 0 aromatic carbocycles. The van der Waals surface area contributed by atoms with E-state index in [4.69, 9.17) is 10.5 Å². The van der Waals surface area contributed by atoms with Crippen LogP contribution in [0.4, 0.5) is 4.79 Å². The molecule has 1 amide bonds. The molecule has 4 heteroatoms. The van der Waals surface area contributed by atoms with Gasteiger partial charge in [0.2, 0.25) is 5.72 Å². The van der Waals surface area contributed by atoms with E-state index in [1.54, 1.807) is 4.90 Å². The van der Waals surface area contributed by atoms with Crippen molar-refractivity contribution in [2.24, 2.45) is 5.73 Å². The van der Waals surface area contributed by atoms with Crippen molar-refractivity contribution in [3.63, 3.8) is 0 Å². The average Bonchev–Trinajstić information content (AvgIpc) is 2.06. The van der Waals surface area contributed by atoms with Gasteiger partial charge in [-0.05, 0) is 13.3 Å². The first-order valence-electron chi connectivity index (χ1n) is 3.41. The Hall–Kier alpha value is -0.770. The van der Waals surface area contributed by atoms with Gasteiger partial charge in [0.15, 0.2) is 0 Å². The summed E-state index contributed by atoms with van der Waals surface area (Å²) in [5, 5.41) is 0. The lowest BCUT2D eigenvalue weighted by Crippen LogP contribution is -2.65. The summed E-state index contributed by atoms with van der Waals surface area (Å²) >= 11 is 0. The third-order valence-corrected chi connectivity index (χ3v) is 2.40. The van der Waals surface area contributed by atoms with E-state index in [1.165, 1.54) is 0 Å². The zero-order chi connectivity index (χ0) is 7.35. The lowest BCUT2D eigenvalue weighted by Gasteiger charge is -2.45. The number of nitrogens with two attached hydrogens (primary N) is 1. The Labute approximate surface area is 58.9 Å². The molecule has 0 bridgehead atoms. The molecule has 0 saturated carbocycles. The lowest BCUT2D eigenvalue weighted by atomic mass is 10.1. The molecule has 56 valence electrons. The summed E-state index contributed by atoms with van der Waals surface area (Å²) in [6, 6.07) is -0.00907. The maximum atomic E-state index is 10.7. The highest BCUT2D eigenvalue weighted by atomic mass is 16.6. The fourth-order valence-electron chi connectivity index (χ4n) is 1.55. The molecule has 0 aromatic rings. The second-order valence-electron chi connectivity index (χ2n) is 2.97. The summed E-state index contributed by atoms with van der Waals surface area (Å²) in [5.41, 5.74) is 5.22. The fraction of sp³-hybridized carbons (Fsp3) is 0.833. The molecule has 2 atom stereocenters. The summed E-state index contributed by atoms with van der Waals surface area (Å²) in [7, 11) is 0. The predicted molar refractivity (Wildman–Crippen MR) is 34.2 cm³/mol. The molecule has 2 heterocycles. The normalized spacial score (nSPS) is 44.4. The summed E-state index contributed by atoms with van der Waals surface area (Å²) in [6.07, 6.45) is 0.623. The molecule has 2 aliphatic rings. The molecule has 10 heavy (non-hydrogen) atoms. The summed E-state index contributed by atoms with van der Waals surface area (Å²) in [4.78, 5) is 12.4. The molecule has 4 nitrogen and oxygen atoms in total. The maximum Gasteiger partial charge on any atom is 0.415 e. The van der Waals surface area contributed by atoms with Gasteiger partial charge in [0.25, 0.3) is 0 Å². The van der Waals surface area contributed by atoms with Crippen LogP contribution >= 0.6 is 0 Å². The lowest BCUT2D eigenvalue weighted by molar-refractivity contribution is -0.157. The largest absolute Gasteiger partial charge is 0.421 e. The first-order valence-corrected chi connectivity index (χ1v) is 3.41. The number of ether oxygens (including phenoxy) is 1. The molecule has 1 unspecified atom stereocenters. The van der Waals surface area contributed by atoms with Crippen LogP contribution in [0.3, 0.4) is 0 Å². The van der Waals surface area contributed by atoms with E-state index in [9.17, 15) is 4.79 Å². The quantitative estimate of drug-likeness (QED) is 0.513. The van der Waals surface area contributed by atoms with E-state index >= 15 is 0 Å². The van der Waals surface area contributed by atoms with Crippen LogP contribution in [-0.4, -0.2) is 29.3 Å². The average molecular weight is 142 g/mol. The van der Waals surface area contributed by atoms with Crippen molar-refractivity contribution in [2.45, 2.75) is 25.1 Å². The fourth-order valence-corrected chi connectivity index (χ4v) is 1.55. The Morgan fingerprint density at radius 2 is 2.60 bits per heavy atom. The van der Waals surface area contributed by atoms with Crippen LogP contribution in [0, 0.1) is 0 Å². The van der Waals surface area contributed by atoms with Gasteiger partial charge in [-0.1, -0.05) is 0 Å². The topological polar surface area (TPSA) is 55.6 Å². The second-order valence-corrected chi connectivity index (χ2v) is 2.97. The highest BCUT2D eigenvalue weighted by molar-refractivity contribution is 5.75. The number of nitrogens with zero attached hydrogens (tertiary/aromatic N) is 1. The van der Waals surface area contributed by atoms with E-state index in [2.05, 4.69) is 0 Å². The number of hydrogen-bond donors (Lipinski definition) is 1. The first kappa shape index (κ1) is 5.97. The Morgan fingerprint density at radius 3 is 3.00 bits per heavy atom. The molecule has 2 fully saturated rings. The van der Waals surface area contributed by atoms with Gasteiger partial charge in [0.05, 0.1) is 6.04 Å². The van der Waals surface area contributed by atoms with Crippen LogP contribution < -0.4 is 5.73 Å². The number of fused-ring (bicyclic) bond motifs is 1. The molecule has 0 aliphatic carbocycles. The van der Waals surface area contributed by atoms with Gasteiger partial charge >= 0.3 is 6.09 Å². The van der Waals surface area contributed by atoms with Crippen molar-refractivity contribution in [1.82, 2.24) is 4.90 Å². The second kappa shape index (κ2) is 1.45. The van der Waals surface area contributed by atoms with E-state index in [-0.39, 0.29) is 12.1 Å². The summed E-state index contributed by atoms with van der Waals surface area (Å²) in [5.74, 6) is 0. The van der Waals surface area contributed by atoms with Crippen molar-refractivity contribution in [1.29, 1.82) is 0 Å². The highest BCUT2D eigenvalue weighted by Crippen LogP contribution is 2.37.